The van der Waals surface area contributed by atoms with Crippen molar-refractivity contribution in [2.45, 2.75) is 18.2 Å². The molecule has 0 amide bonds. The van der Waals surface area contributed by atoms with Crippen LogP contribution < -0.4 is 16.6 Å². The lowest BCUT2D eigenvalue weighted by Gasteiger charge is -2.36. The molecule has 132 valence electrons. The van der Waals surface area contributed by atoms with Gasteiger partial charge in [0, 0.05) is 16.9 Å². The van der Waals surface area contributed by atoms with E-state index in [0.717, 1.165) is 11.1 Å². The quantitative estimate of drug-likeness (QED) is 0.756. The van der Waals surface area contributed by atoms with E-state index < -0.39 is 6.23 Å². The monoisotopic (exact) mass is 370 g/mol. The van der Waals surface area contributed by atoms with E-state index in [1.54, 1.807) is 12.1 Å². The lowest BCUT2D eigenvalue weighted by Crippen LogP contribution is -2.40. The third-order valence-corrected chi connectivity index (χ3v) is 5.16. The number of nitrogens with one attached hydrogen (secondary N) is 2. The predicted octanol–water partition coefficient (Wildman–Crippen LogP) is 3.08. The number of hydrazine groups is 1. The first-order valence-electron chi connectivity index (χ1n) is 8.17. The summed E-state index contributed by atoms with van der Waals surface area (Å²) in [5, 5.41) is 10.3. The number of halogens is 2. The van der Waals surface area contributed by atoms with Crippen LogP contribution in [0.15, 0.2) is 60.0 Å². The maximum absolute atomic E-state index is 13.4. The lowest BCUT2D eigenvalue weighted by molar-refractivity contribution is 0.0340. The highest BCUT2D eigenvalue weighted by atomic mass is 35.5. The van der Waals surface area contributed by atoms with Gasteiger partial charge < -0.3 is 10.5 Å². The van der Waals surface area contributed by atoms with Crippen molar-refractivity contribution in [3.63, 3.8) is 0 Å². The number of allylic oxidation sites excluding steroid dienone is 1. The van der Waals surface area contributed by atoms with E-state index in [1.807, 2.05) is 24.3 Å². The SMILES string of the molecule is N#CC1=C(N)OC2NNC(c3ccc(Cl)cc3)C2C1c1ccc(F)cc1. The molecule has 0 spiro atoms. The third kappa shape index (κ3) is 2.80. The largest absolute Gasteiger partial charge is 0.458 e. The fraction of sp³-hybridized carbons (Fsp3) is 0.211. The third-order valence-electron chi connectivity index (χ3n) is 4.91. The number of benzene rings is 2. The number of nitriles is 1. The second-order valence-electron chi connectivity index (χ2n) is 6.35. The Morgan fingerprint density at radius 3 is 2.35 bits per heavy atom. The summed E-state index contributed by atoms with van der Waals surface area (Å²) in [6.07, 6.45) is -0.414. The van der Waals surface area contributed by atoms with Gasteiger partial charge in [0.05, 0.1) is 11.6 Å². The highest BCUT2D eigenvalue weighted by molar-refractivity contribution is 6.30. The van der Waals surface area contributed by atoms with Crippen LogP contribution in [0.4, 0.5) is 4.39 Å². The Morgan fingerprint density at radius 1 is 1.04 bits per heavy atom. The smallest absolute Gasteiger partial charge is 0.200 e. The standard InChI is InChI=1S/C19H16ClFN4O/c20-12-5-1-11(2-6-12)17-16-15(10-3-7-13(21)8-4-10)14(9-22)18(23)26-19(16)25-24-17/h1-8,15-17,19,24-25H,23H2. The van der Waals surface area contributed by atoms with Gasteiger partial charge >= 0.3 is 0 Å². The molecule has 1 fully saturated rings. The molecule has 4 N–H and O–H groups in total. The molecule has 0 saturated carbocycles. The Bertz CT molecular complexity index is 891. The average Bonchev–Trinajstić information content (AvgIpc) is 3.05. The first-order chi connectivity index (χ1) is 12.6. The molecule has 2 aliphatic heterocycles. The fourth-order valence-corrected chi connectivity index (χ4v) is 3.85. The molecule has 1 saturated heterocycles. The van der Waals surface area contributed by atoms with Crippen LogP contribution in [0.25, 0.3) is 0 Å². The summed E-state index contributed by atoms with van der Waals surface area (Å²) < 4.78 is 19.1. The van der Waals surface area contributed by atoms with E-state index in [4.69, 9.17) is 22.1 Å². The zero-order chi connectivity index (χ0) is 18.3. The van der Waals surface area contributed by atoms with Gasteiger partial charge in [0.2, 0.25) is 5.88 Å². The normalized spacial score (nSPS) is 27.6. The molecular formula is C19H16ClFN4O. The Hall–Kier alpha value is -2.59. The summed E-state index contributed by atoms with van der Waals surface area (Å²) in [6.45, 7) is 0. The van der Waals surface area contributed by atoms with Crippen LogP contribution in [0.5, 0.6) is 0 Å². The number of nitrogens with zero attached hydrogens (tertiary/aromatic N) is 1. The van der Waals surface area contributed by atoms with Crippen LogP contribution in [0, 0.1) is 23.1 Å². The summed E-state index contributed by atoms with van der Waals surface area (Å²) >= 11 is 6.00. The van der Waals surface area contributed by atoms with Gasteiger partial charge in [-0.1, -0.05) is 35.9 Å². The minimum absolute atomic E-state index is 0.0918. The molecule has 2 aromatic carbocycles. The van der Waals surface area contributed by atoms with E-state index in [9.17, 15) is 9.65 Å². The zero-order valence-corrected chi connectivity index (χ0v) is 14.4. The Kier molecular flexibility index (Phi) is 4.29. The molecule has 0 aromatic heterocycles. The first-order valence-corrected chi connectivity index (χ1v) is 8.54. The van der Waals surface area contributed by atoms with Crippen LogP contribution in [-0.4, -0.2) is 6.23 Å². The number of hydrogen-bond acceptors (Lipinski definition) is 5. The molecule has 2 aliphatic rings. The predicted molar refractivity (Wildman–Crippen MR) is 94.8 cm³/mol. The molecule has 4 atom stereocenters. The molecule has 0 bridgehead atoms. The van der Waals surface area contributed by atoms with E-state index in [2.05, 4.69) is 16.9 Å². The summed E-state index contributed by atoms with van der Waals surface area (Å²) in [5.74, 6) is -0.718. The lowest BCUT2D eigenvalue weighted by atomic mass is 9.74. The molecule has 0 radical (unpaired) electrons. The van der Waals surface area contributed by atoms with Gasteiger partial charge in [-0.05, 0) is 35.4 Å². The minimum atomic E-state index is -0.414. The highest BCUT2D eigenvalue weighted by Gasteiger charge is 2.49. The second kappa shape index (κ2) is 6.61. The average molecular weight is 371 g/mol. The molecule has 4 unspecified atom stereocenters. The zero-order valence-electron chi connectivity index (χ0n) is 13.6. The van der Waals surface area contributed by atoms with Crippen molar-refractivity contribution in [2.24, 2.45) is 11.7 Å². The van der Waals surface area contributed by atoms with Gasteiger partial charge in [0.15, 0.2) is 6.23 Å². The van der Waals surface area contributed by atoms with Crippen molar-refractivity contribution in [3.8, 4) is 6.07 Å². The Morgan fingerprint density at radius 2 is 1.69 bits per heavy atom. The Balaban J connectivity index is 1.80. The number of hydrogen-bond donors (Lipinski definition) is 3. The maximum atomic E-state index is 13.4. The summed E-state index contributed by atoms with van der Waals surface area (Å²) in [4.78, 5) is 0. The van der Waals surface area contributed by atoms with Crippen molar-refractivity contribution in [2.75, 3.05) is 0 Å². The minimum Gasteiger partial charge on any atom is -0.458 e. The molecular weight excluding hydrogens is 355 g/mol. The van der Waals surface area contributed by atoms with Crippen LogP contribution in [0.3, 0.4) is 0 Å². The van der Waals surface area contributed by atoms with Crippen molar-refractivity contribution < 1.29 is 9.13 Å². The van der Waals surface area contributed by atoms with Crippen molar-refractivity contribution >= 4 is 11.6 Å². The molecule has 2 heterocycles. The van der Waals surface area contributed by atoms with E-state index in [0.29, 0.717) is 10.6 Å². The highest BCUT2D eigenvalue weighted by Crippen LogP contribution is 2.47. The van der Waals surface area contributed by atoms with Gasteiger partial charge in [-0.15, -0.1) is 0 Å². The number of ether oxygens (including phenoxy) is 1. The van der Waals surface area contributed by atoms with Crippen molar-refractivity contribution in [1.82, 2.24) is 10.9 Å². The molecule has 7 heteroatoms. The van der Waals surface area contributed by atoms with Crippen LogP contribution in [-0.2, 0) is 4.74 Å². The Labute approximate surface area is 155 Å². The summed E-state index contributed by atoms with van der Waals surface area (Å²) in [6, 6.07) is 15.7. The van der Waals surface area contributed by atoms with E-state index in [1.165, 1.54) is 12.1 Å². The van der Waals surface area contributed by atoms with Crippen LogP contribution in [0.2, 0.25) is 5.02 Å². The molecule has 4 rings (SSSR count). The number of nitrogens with two attached hydrogens (primary N) is 1. The van der Waals surface area contributed by atoms with Gasteiger partial charge in [0.25, 0.3) is 0 Å². The summed E-state index contributed by atoms with van der Waals surface area (Å²) in [5.41, 5.74) is 14.5. The number of rotatable bonds is 2. The van der Waals surface area contributed by atoms with E-state index >= 15 is 0 Å². The first kappa shape index (κ1) is 16.9. The topological polar surface area (TPSA) is 83.1 Å². The molecule has 26 heavy (non-hydrogen) atoms. The van der Waals surface area contributed by atoms with Crippen molar-refractivity contribution in [3.05, 3.63) is 82.0 Å². The second-order valence-corrected chi connectivity index (χ2v) is 6.79. The van der Waals surface area contributed by atoms with Crippen LogP contribution in [0.1, 0.15) is 23.1 Å². The molecule has 2 aromatic rings. The molecule has 5 nitrogen and oxygen atoms in total. The van der Waals surface area contributed by atoms with Crippen LogP contribution >= 0.6 is 11.6 Å². The van der Waals surface area contributed by atoms with Gasteiger partial charge in [-0.25, -0.2) is 15.2 Å². The number of fused-ring (bicyclic) bond motifs is 1. The van der Waals surface area contributed by atoms with Gasteiger partial charge in [-0.3, -0.25) is 0 Å². The maximum Gasteiger partial charge on any atom is 0.200 e. The van der Waals surface area contributed by atoms with Crippen molar-refractivity contribution in [1.29, 1.82) is 5.26 Å². The van der Waals surface area contributed by atoms with Gasteiger partial charge in [0.1, 0.15) is 11.9 Å². The fourth-order valence-electron chi connectivity index (χ4n) is 3.72. The summed E-state index contributed by atoms with van der Waals surface area (Å²) in [7, 11) is 0. The van der Waals surface area contributed by atoms with Gasteiger partial charge in [-0.2, -0.15) is 5.26 Å². The van der Waals surface area contributed by atoms with E-state index in [-0.39, 0.29) is 29.6 Å². The molecule has 0 aliphatic carbocycles.